The van der Waals surface area contributed by atoms with Gasteiger partial charge in [-0.3, -0.25) is 0 Å². The third-order valence-electron chi connectivity index (χ3n) is 3.52. The van der Waals surface area contributed by atoms with E-state index in [1.807, 2.05) is 0 Å². The van der Waals surface area contributed by atoms with Crippen LogP contribution in [0.25, 0.3) is 0 Å². The molecule has 0 aliphatic rings. The molecule has 1 unspecified atom stereocenters. The first kappa shape index (κ1) is 15.2. The highest BCUT2D eigenvalue weighted by Crippen LogP contribution is 2.29. The number of benzene rings is 1. The van der Waals surface area contributed by atoms with E-state index in [4.69, 9.17) is 4.98 Å². The largest absolute Gasteiger partial charge is 0.305 e. The molecular weight excluding hydrogens is 264 g/mol. The van der Waals surface area contributed by atoms with Crippen LogP contribution in [0.5, 0.6) is 0 Å². The normalized spacial score (nSPS) is 12.9. The van der Waals surface area contributed by atoms with Crippen LogP contribution in [0.4, 0.5) is 0 Å². The zero-order valence-electron chi connectivity index (χ0n) is 13.0. The van der Waals surface area contributed by atoms with Crippen molar-refractivity contribution >= 4 is 11.3 Å². The number of thiazole rings is 1. The number of nitrogens with one attached hydrogen (secondary N) is 1. The van der Waals surface area contributed by atoms with E-state index >= 15 is 0 Å². The Balaban J connectivity index is 2.39. The van der Waals surface area contributed by atoms with Crippen molar-refractivity contribution < 1.29 is 0 Å². The molecule has 0 spiro atoms. The van der Waals surface area contributed by atoms with Gasteiger partial charge >= 0.3 is 0 Å². The van der Waals surface area contributed by atoms with E-state index in [1.165, 1.54) is 27.4 Å². The summed E-state index contributed by atoms with van der Waals surface area (Å²) in [5.41, 5.74) is 5.17. The van der Waals surface area contributed by atoms with Crippen molar-refractivity contribution in [3.63, 3.8) is 0 Å². The highest BCUT2D eigenvalue weighted by atomic mass is 32.1. The molecule has 1 aromatic carbocycles. The van der Waals surface area contributed by atoms with E-state index in [1.54, 1.807) is 11.3 Å². The van der Waals surface area contributed by atoms with Crippen molar-refractivity contribution in [3.05, 3.63) is 51.0 Å². The molecule has 1 aromatic heterocycles. The second kappa shape index (κ2) is 6.51. The fraction of sp³-hybridized carbons (Fsp3) is 0.471. The van der Waals surface area contributed by atoms with Crippen molar-refractivity contribution in [2.45, 2.75) is 46.6 Å². The smallest absolute Gasteiger partial charge is 0.114 e. The summed E-state index contributed by atoms with van der Waals surface area (Å²) >= 11 is 1.76. The molecule has 0 saturated heterocycles. The van der Waals surface area contributed by atoms with Crippen molar-refractivity contribution in [2.75, 3.05) is 6.54 Å². The SMILES string of the molecule is CCNC(c1nc(C(C)C)cs1)c1ccc(C)cc1C. The number of nitrogens with zero attached hydrogens (tertiary/aromatic N) is 1. The van der Waals surface area contributed by atoms with Crippen LogP contribution < -0.4 is 5.32 Å². The van der Waals surface area contributed by atoms with E-state index < -0.39 is 0 Å². The Morgan fingerprint density at radius 3 is 2.55 bits per heavy atom. The Morgan fingerprint density at radius 2 is 2.00 bits per heavy atom. The highest BCUT2D eigenvalue weighted by Gasteiger charge is 2.19. The molecule has 20 heavy (non-hydrogen) atoms. The Kier molecular flexibility index (Phi) is 4.95. The minimum absolute atomic E-state index is 0.207. The van der Waals surface area contributed by atoms with Gasteiger partial charge in [-0.2, -0.15) is 0 Å². The quantitative estimate of drug-likeness (QED) is 0.871. The lowest BCUT2D eigenvalue weighted by molar-refractivity contribution is 0.620. The number of rotatable bonds is 5. The maximum atomic E-state index is 4.82. The van der Waals surface area contributed by atoms with Crippen LogP contribution in [0.2, 0.25) is 0 Å². The van der Waals surface area contributed by atoms with Crippen LogP contribution in [-0.2, 0) is 0 Å². The third kappa shape index (κ3) is 3.28. The molecule has 2 nitrogen and oxygen atoms in total. The first-order chi connectivity index (χ1) is 9.52. The molecule has 1 heterocycles. The minimum Gasteiger partial charge on any atom is -0.305 e. The molecule has 0 fully saturated rings. The summed E-state index contributed by atoms with van der Waals surface area (Å²) in [4.78, 5) is 4.82. The molecule has 2 aromatic rings. The first-order valence-corrected chi connectivity index (χ1v) is 8.16. The Bertz CT molecular complexity index is 572. The average Bonchev–Trinajstić information content (AvgIpc) is 2.86. The predicted octanol–water partition coefficient (Wildman–Crippen LogP) is 4.58. The standard InChI is InChI=1S/C17H24N2S/c1-6-18-16(14-8-7-12(4)9-13(14)5)17-19-15(10-20-17)11(2)3/h7-11,16,18H,6H2,1-5H3. The van der Waals surface area contributed by atoms with Gasteiger partial charge in [0.25, 0.3) is 0 Å². The fourth-order valence-corrected chi connectivity index (χ4v) is 3.45. The molecule has 0 bridgehead atoms. The molecule has 1 N–H and O–H groups in total. The summed E-state index contributed by atoms with van der Waals surface area (Å²) in [6.07, 6.45) is 0. The van der Waals surface area contributed by atoms with Gasteiger partial charge in [0.2, 0.25) is 0 Å². The zero-order valence-corrected chi connectivity index (χ0v) is 13.8. The molecule has 0 radical (unpaired) electrons. The molecule has 108 valence electrons. The summed E-state index contributed by atoms with van der Waals surface area (Å²) in [5, 5.41) is 6.93. The van der Waals surface area contributed by atoms with Gasteiger partial charge in [-0.05, 0) is 37.4 Å². The summed E-state index contributed by atoms with van der Waals surface area (Å²) in [7, 11) is 0. The van der Waals surface area contributed by atoms with Gasteiger partial charge in [0.1, 0.15) is 5.01 Å². The van der Waals surface area contributed by atoms with Crippen LogP contribution in [0.15, 0.2) is 23.6 Å². The fourth-order valence-electron chi connectivity index (χ4n) is 2.38. The number of aromatic nitrogens is 1. The molecule has 0 aliphatic heterocycles. The van der Waals surface area contributed by atoms with Crippen LogP contribution in [0, 0.1) is 13.8 Å². The lowest BCUT2D eigenvalue weighted by Crippen LogP contribution is -2.22. The average molecular weight is 288 g/mol. The van der Waals surface area contributed by atoms with Gasteiger partial charge in [-0.25, -0.2) is 4.98 Å². The molecule has 0 aliphatic carbocycles. The van der Waals surface area contributed by atoms with Crippen molar-refractivity contribution in [1.29, 1.82) is 0 Å². The molecule has 0 saturated carbocycles. The van der Waals surface area contributed by atoms with Gasteiger partial charge < -0.3 is 5.32 Å². The van der Waals surface area contributed by atoms with E-state index in [-0.39, 0.29) is 6.04 Å². The molecule has 0 amide bonds. The van der Waals surface area contributed by atoms with Crippen LogP contribution in [0.3, 0.4) is 0 Å². The van der Waals surface area contributed by atoms with Crippen molar-refractivity contribution in [1.82, 2.24) is 10.3 Å². The topological polar surface area (TPSA) is 24.9 Å². The highest BCUT2D eigenvalue weighted by molar-refractivity contribution is 7.09. The summed E-state index contributed by atoms with van der Waals surface area (Å²) in [6, 6.07) is 6.87. The molecule has 3 heteroatoms. The molecule has 2 rings (SSSR count). The van der Waals surface area contributed by atoms with Gasteiger partial charge in [0, 0.05) is 5.38 Å². The third-order valence-corrected chi connectivity index (χ3v) is 4.45. The number of hydrogen-bond acceptors (Lipinski definition) is 3. The van der Waals surface area contributed by atoms with E-state index in [2.05, 4.69) is 63.5 Å². The maximum absolute atomic E-state index is 4.82. The van der Waals surface area contributed by atoms with Crippen LogP contribution in [-0.4, -0.2) is 11.5 Å². The lowest BCUT2D eigenvalue weighted by atomic mass is 9.99. The molecular formula is C17H24N2S. The Morgan fingerprint density at radius 1 is 1.25 bits per heavy atom. The number of aryl methyl sites for hydroxylation is 2. The van der Waals surface area contributed by atoms with Crippen molar-refractivity contribution in [3.8, 4) is 0 Å². The predicted molar refractivity (Wildman–Crippen MR) is 87.6 cm³/mol. The van der Waals surface area contributed by atoms with Crippen LogP contribution >= 0.6 is 11.3 Å². The van der Waals surface area contributed by atoms with Crippen LogP contribution in [0.1, 0.15) is 60.1 Å². The van der Waals surface area contributed by atoms with E-state index in [0.717, 1.165) is 6.54 Å². The second-order valence-electron chi connectivity index (χ2n) is 5.62. The van der Waals surface area contributed by atoms with E-state index in [9.17, 15) is 0 Å². The monoisotopic (exact) mass is 288 g/mol. The summed E-state index contributed by atoms with van der Waals surface area (Å²) < 4.78 is 0. The first-order valence-electron chi connectivity index (χ1n) is 7.28. The van der Waals surface area contributed by atoms with Gasteiger partial charge in [-0.15, -0.1) is 11.3 Å². The van der Waals surface area contributed by atoms with Gasteiger partial charge in [-0.1, -0.05) is 44.5 Å². The lowest BCUT2D eigenvalue weighted by Gasteiger charge is -2.18. The zero-order chi connectivity index (χ0) is 14.7. The Hall–Kier alpha value is -1.19. The van der Waals surface area contributed by atoms with Gasteiger partial charge in [0.05, 0.1) is 11.7 Å². The summed E-state index contributed by atoms with van der Waals surface area (Å²) in [5.74, 6) is 0.487. The number of hydrogen-bond donors (Lipinski definition) is 1. The minimum atomic E-state index is 0.207. The Labute approximate surface area is 126 Å². The summed E-state index contributed by atoms with van der Waals surface area (Å²) in [6.45, 7) is 11.8. The maximum Gasteiger partial charge on any atom is 0.114 e. The molecule has 1 atom stereocenters. The second-order valence-corrected chi connectivity index (χ2v) is 6.51. The van der Waals surface area contributed by atoms with Gasteiger partial charge in [0.15, 0.2) is 0 Å². The van der Waals surface area contributed by atoms with E-state index in [0.29, 0.717) is 5.92 Å². The van der Waals surface area contributed by atoms with Crippen molar-refractivity contribution in [2.24, 2.45) is 0 Å².